The zero-order valence-corrected chi connectivity index (χ0v) is 14.4. The molecule has 0 saturated heterocycles. The Morgan fingerprint density at radius 1 is 1.22 bits per heavy atom. The molecule has 2 heterocycles. The van der Waals surface area contributed by atoms with E-state index in [0.717, 1.165) is 41.9 Å². The third-order valence-corrected chi connectivity index (χ3v) is 5.42. The molecule has 3 rings (SSSR count). The third-order valence-electron chi connectivity index (χ3n) is 4.49. The van der Waals surface area contributed by atoms with E-state index in [1.807, 2.05) is 6.92 Å². The smallest absolute Gasteiger partial charge is 0.238 e. The van der Waals surface area contributed by atoms with Crippen molar-refractivity contribution in [1.29, 1.82) is 0 Å². The zero-order valence-electron chi connectivity index (χ0n) is 13.6. The highest BCUT2D eigenvalue weighted by Gasteiger charge is 2.33. The number of fused-ring (bicyclic) bond motifs is 1. The number of halogens is 1. The first kappa shape index (κ1) is 16.2. The van der Waals surface area contributed by atoms with Gasteiger partial charge in [-0.05, 0) is 51.3 Å². The molecule has 0 fully saturated rings. The van der Waals surface area contributed by atoms with Crippen molar-refractivity contribution in [3.05, 3.63) is 41.2 Å². The van der Waals surface area contributed by atoms with Gasteiger partial charge in [-0.25, -0.2) is 17.9 Å². The Kier molecular flexibility index (Phi) is 3.65. The lowest BCUT2D eigenvalue weighted by atomic mass is 9.90. The normalized spacial score (nSPS) is 15.0. The van der Waals surface area contributed by atoms with Crippen LogP contribution >= 0.6 is 0 Å². The lowest BCUT2D eigenvalue weighted by Crippen LogP contribution is -2.13. The number of alkyl halides is 1. The second kappa shape index (κ2) is 5.18. The highest BCUT2D eigenvalue weighted by molar-refractivity contribution is 7.89. The molecule has 0 aliphatic carbocycles. The molecule has 0 amide bonds. The van der Waals surface area contributed by atoms with E-state index in [1.54, 1.807) is 26.0 Å². The Labute approximate surface area is 136 Å². The average Bonchev–Trinajstić information content (AvgIpc) is 2.99. The number of benzene rings is 1. The minimum absolute atomic E-state index is 0.0647. The minimum Gasteiger partial charge on any atom is -0.348 e. The van der Waals surface area contributed by atoms with Gasteiger partial charge in [0.1, 0.15) is 5.67 Å². The summed E-state index contributed by atoms with van der Waals surface area (Å²) in [6.45, 7) is 5.98. The summed E-state index contributed by atoms with van der Waals surface area (Å²) in [5.74, 6) is 0. The number of sulfonamides is 1. The van der Waals surface area contributed by atoms with Gasteiger partial charge in [0.05, 0.1) is 4.90 Å². The molecule has 23 heavy (non-hydrogen) atoms. The van der Waals surface area contributed by atoms with Crippen LogP contribution in [0.3, 0.4) is 0 Å². The van der Waals surface area contributed by atoms with Crippen LogP contribution in [-0.4, -0.2) is 13.0 Å². The number of hydrogen-bond acceptors (Lipinski definition) is 2. The highest BCUT2D eigenvalue weighted by atomic mass is 32.2. The molecule has 1 aromatic heterocycles. The fourth-order valence-corrected chi connectivity index (χ4v) is 4.13. The van der Waals surface area contributed by atoms with Crippen molar-refractivity contribution in [2.45, 2.75) is 50.7 Å². The largest absolute Gasteiger partial charge is 0.348 e. The van der Waals surface area contributed by atoms with Crippen molar-refractivity contribution in [3.8, 4) is 11.1 Å². The summed E-state index contributed by atoms with van der Waals surface area (Å²) in [5.41, 5.74) is 3.04. The van der Waals surface area contributed by atoms with Crippen molar-refractivity contribution in [3.63, 3.8) is 0 Å². The highest BCUT2D eigenvalue weighted by Crippen LogP contribution is 2.43. The molecule has 2 aromatic rings. The van der Waals surface area contributed by atoms with Crippen molar-refractivity contribution in [1.82, 2.24) is 4.57 Å². The second-order valence-corrected chi connectivity index (χ2v) is 8.14. The number of hydrogen-bond donors (Lipinski definition) is 1. The first-order chi connectivity index (χ1) is 10.6. The Morgan fingerprint density at radius 3 is 2.35 bits per heavy atom. The average molecular weight is 336 g/mol. The lowest BCUT2D eigenvalue weighted by Gasteiger charge is -2.18. The SMILES string of the molecule is Cc1c(C(C)(C)F)c(-c2ccc(S(N)(=O)=O)cc2)c2n1CCC2. The van der Waals surface area contributed by atoms with Crippen molar-refractivity contribution >= 4 is 10.0 Å². The van der Waals surface area contributed by atoms with Gasteiger partial charge in [-0.1, -0.05) is 12.1 Å². The Hall–Kier alpha value is -1.66. The molecular weight excluding hydrogens is 315 g/mol. The van der Waals surface area contributed by atoms with Crippen LogP contribution in [0.5, 0.6) is 0 Å². The van der Waals surface area contributed by atoms with Gasteiger partial charge < -0.3 is 4.57 Å². The number of nitrogens with two attached hydrogens (primary N) is 1. The van der Waals surface area contributed by atoms with E-state index >= 15 is 0 Å². The summed E-state index contributed by atoms with van der Waals surface area (Å²) in [7, 11) is -3.73. The van der Waals surface area contributed by atoms with E-state index in [0.29, 0.717) is 5.56 Å². The summed E-state index contributed by atoms with van der Waals surface area (Å²) >= 11 is 0. The van der Waals surface area contributed by atoms with Crippen molar-refractivity contribution < 1.29 is 12.8 Å². The van der Waals surface area contributed by atoms with Crippen LogP contribution in [0, 0.1) is 6.92 Å². The van der Waals surface area contributed by atoms with Gasteiger partial charge in [0.25, 0.3) is 0 Å². The summed E-state index contributed by atoms with van der Waals surface area (Å²) in [5, 5.41) is 5.15. The Balaban J connectivity index is 2.22. The monoisotopic (exact) mass is 336 g/mol. The predicted octanol–water partition coefficient (Wildman–Crippen LogP) is 3.26. The molecule has 0 unspecified atom stereocenters. The van der Waals surface area contributed by atoms with Gasteiger partial charge in [-0.2, -0.15) is 0 Å². The summed E-state index contributed by atoms with van der Waals surface area (Å²) in [4.78, 5) is 0.0647. The standard InChI is InChI=1S/C17H21FN2O2S/c1-11-16(17(2,3)18)15(14-5-4-10-20(11)14)12-6-8-13(9-7-12)23(19,21)22/h6-9H,4-5,10H2,1-3H3,(H2,19,21,22). The molecule has 4 nitrogen and oxygen atoms in total. The van der Waals surface area contributed by atoms with Crippen LogP contribution in [0.25, 0.3) is 11.1 Å². The van der Waals surface area contributed by atoms with Crippen LogP contribution in [0.2, 0.25) is 0 Å². The van der Waals surface area contributed by atoms with Crippen molar-refractivity contribution in [2.24, 2.45) is 5.14 Å². The maximum Gasteiger partial charge on any atom is 0.238 e. The first-order valence-electron chi connectivity index (χ1n) is 7.65. The van der Waals surface area contributed by atoms with Gasteiger partial charge in [-0.3, -0.25) is 0 Å². The number of nitrogens with zero attached hydrogens (tertiary/aromatic N) is 1. The summed E-state index contributed by atoms with van der Waals surface area (Å²) in [6, 6.07) is 6.38. The molecule has 0 saturated carbocycles. The van der Waals surface area contributed by atoms with E-state index < -0.39 is 15.7 Å². The van der Waals surface area contributed by atoms with Gasteiger partial charge in [0, 0.05) is 29.1 Å². The molecule has 6 heteroatoms. The summed E-state index contributed by atoms with van der Waals surface area (Å²) < 4.78 is 39.8. The quantitative estimate of drug-likeness (QED) is 0.935. The molecule has 1 aliphatic rings. The van der Waals surface area contributed by atoms with Crippen LogP contribution < -0.4 is 5.14 Å². The van der Waals surface area contributed by atoms with E-state index in [-0.39, 0.29) is 4.90 Å². The molecular formula is C17H21FN2O2S. The first-order valence-corrected chi connectivity index (χ1v) is 9.20. The number of rotatable bonds is 3. The van der Waals surface area contributed by atoms with Gasteiger partial charge in [0.15, 0.2) is 0 Å². The van der Waals surface area contributed by atoms with Crippen molar-refractivity contribution in [2.75, 3.05) is 0 Å². The fourth-order valence-electron chi connectivity index (χ4n) is 3.61. The van der Waals surface area contributed by atoms with Gasteiger partial charge in [0.2, 0.25) is 10.0 Å². The molecule has 0 radical (unpaired) electrons. The zero-order chi connectivity index (χ0) is 17.0. The Morgan fingerprint density at radius 2 is 1.83 bits per heavy atom. The van der Waals surface area contributed by atoms with E-state index in [4.69, 9.17) is 5.14 Å². The van der Waals surface area contributed by atoms with E-state index in [9.17, 15) is 12.8 Å². The molecule has 0 atom stereocenters. The summed E-state index contributed by atoms with van der Waals surface area (Å²) in [6.07, 6.45) is 1.95. The van der Waals surface area contributed by atoms with Crippen LogP contribution in [0.4, 0.5) is 4.39 Å². The van der Waals surface area contributed by atoms with Crippen LogP contribution in [0.1, 0.15) is 37.2 Å². The van der Waals surface area contributed by atoms with Crippen LogP contribution in [0.15, 0.2) is 29.2 Å². The van der Waals surface area contributed by atoms with E-state index in [2.05, 4.69) is 4.57 Å². The molecule has 124 valence electrons. The van der Waals surface area contributed by atoms with Gasteiger partial charge in [-0.15, -0.1) is 0 Å². The predicted molar refractivity (Wildman–Crippen MR) is 88.4 cm³/mol. The minimum atomic E-state index is -3.73. The molecule has 1 aliphatic heterocycles. The maximum absolute atomic E-state index is 14.8. The third kappa shape index (κ3) is 2.70. The number of primary sulfonamides is 1. The Bertz CT molecular complexity index is 859. The molecule has 2 N–H and O–H groups in total. The van der Waals surface area contributed by atoms with E-state index in [1.165, 1.54) is 12.1 Å². The topological polar surface area (TPSA) is 65.1 Å². The second-order valence-electron chi connectivity index (χ2n) is 6.58. The molecule has 0 spiro atoms. The molecule has 0 bridgehead atoms. The van der Waals surface area contributed by atoms with Crippen LogP contribution in [-0.2, 0) is 28.7 Å². The lowest BCUT2D eigenvalue weighted by molar-refractivity contribution is 0.220. The maximum atomic E-state index is 14.8. The molecule has 1 aromatic carbocycles. The van der Waals surface area contributed by atoms with Gasteiger partial charge >= 0.3 is 0 Å². The fraction of sp³-hybridized carbons (Fsp3) is 0.412. The number of aromatic nitrogens is 1.